The van der Waals surface area contributed by atoms with Gasteiger partial charge in [0, 0.05) is 31.6 Å². The van der Waals surface area contributed by atoms with Gasteiger partial charge in [-0.25, -0.2) is 22.2 Å². The van der Waals surface area contributed by atoms with Gasteiger partial charge in [-0.1, -0.05) is 6.07 Å². The molecule has 180 valence electrons. The number of rotatable bonds is 8. The van der Waals surface area contributed by atoms with E-state index in [1.807, 2.05) is 0 Å². The topological polar surface area (TPSA) is 97.7 Å². The summed E-state index contributed by atoms with van der Waals surface area (Å²) >= 11 is 0. The van der Waals surface area contributed by atoms with Crippen LogP contribution in [0.4, 0.5) is 25.8 Å². The van der Waals surface area contributed by atoms with Gasteiger partial charge in [0.1, 0.15) is 11.5 Å². The molecule has 3 heterocycles. The van der Waals surface area contributed by atoms with Gasteiger partial charge in [-0.3, -0.25) is 9.78 Å². The molecule has 5 rings (SSSR count). The Balaban J connectivity index is 1.54. The minimum absolute atomic E-state index is 0.0431. The summed E-state index contributed by atoms with van der Waals surface area (Å²) in [5.74, 6) is 0.116. The first-order valence-corrected chi connectivity index (χ1v) is 13.2. The summed E-state index contributed by atoms with van der Waals surface area (Å²) in [7, 11) is -3.62. The fourth-order valence-corrected chi connectivity index (χ4v) is 5.30. The van der Waals surface area contributed by atoms with Crippen molar-refractivity contribution in [3.8, 4) is 0 Å². The van der Waals surface area contributed by atoms with Gasteiger partial charge in [-0.2, -0.15) is 0 Å². The Kier molecular flexibility index (Phi) is 5.97. The number of halogens is 2. The molecule has 1 saturated heterocycles. The monoisotopic (exact) mass is 489 g/mol. The molecule has 2 aliphatic heterocycles. The first-order valence-electron chi connectivity index (χ1n) is 11.3. The van der Waals surface area contributed by atoms with Gasteiger partial charge in [0.05, 0.1) is 39.5 Å². The van der Waals surface area contributed by atoms with Crippen LogP contribution >= 0.6 is 0 Å². The van der Waals surface area contributed by atoms with Crippen molar-refractivity contribution in [1.82, 2.24) is 4.98 Å². The summed E-state index contributed by atoms with van der Waals surface area (Å²) < 4.78 is 57.7. The van der Waals surface area contributed by atoms with Crippen LogP contribution in [-0.2, 0) is 32.2 Å². The van der Waals surface area contributed by atoms with E-state index in [4.69, 9.17) is 4.74 Å². The highest BCUT2D eigenvalue weighted by atomic mass is 32.2. The third kappa shape index (κ3) is 4.74. The SMILES string of the molecule is CS(=O)(=O)c1cc([C@H]2CCCO2)ccc1Nc1cc(CC(=O)C2CC2)nc2c1N=C(C(F)F)C2. The lowest BCUT2D eigenvalue weighted by Crippen LogP contribution is -2.11. The predicted octanol–water partition coefficient (Wildman–Crippen LogP) is 4.50. The molecule has 3 aliphatic rings. The number of ether oxygens (including phenoxy) is 1. The number of aromatic nitrogens is 1. The second kappa shape index (κ2) is 8.81. The number of sulfone groups is 1. The molecule has 10 heteroatoms. The molecule has 2 fully saturated rings. The Morgan fingerprint density at radius 3 is 2.65 bits per heavy atom. The number of Topliss-reactive ketones (excluding diaryl/α,β-unsaturated/α-hetero) is 1. The molecule has 1 aliphatic carbocycles. The van der Waals surface area contributed by atoms with Gasteiger partial charge in [0.2, 0.25) is 0 Å². The van der Waals surface area contributed by atoms with E-state index >= 15 is 0 Å². The van der Waals surface area contributed by atoms with Gasteiger partial charge in [-0.15, -0.1) is 0 Å². The maximum absolute atomic E-state index is 13.4. The van der Waals surface area contributed by atoms with Crippen molar-refractivity contribution in [3.63, 3.8) is 0 Å². The molecule has 1 saturated carbocycles. The summed E-state index contributed by atoms with van der Waals surface area (Å²) in [6.45, 7) is 0.634. The van der Waals surface area contributed by atoms with Crippen molar-refractivity contribution in [2.24, 2.45) is 10.9 Å². The highest BCUT2D eigenvalue weighted by molar-refractivity contribution is 7.90. The second-order valence-corrected chi connectivity index (χ2v) is 11.1. The highest BCUT2D eigenvalue weighted by Gasteiger charge is 2.31. The maximum atomic E-state index is 13.4. The number of fused-ring (bicyclic) bond motifs is 1. The molecule has 1 atom stereocenters. The number of ketones is 1. The molecule has 0 spiro atoms. The lowest BCUT2D eigenvalue weighted by atomic mass is 10.1. The fourth-order valence-electron chi connectivity index (χ4n) is 4.43. The summed E-state index contributed by atoms with van der Waals surface area (Å²) in [4.78, 5) is 21.0. The summed E-state index contributed by atoms with van der Waals surface area (Å²) in [5.41, 5.74) is 2.20. The third-order valence-electron chi connectivity index (χ3n) is 6.34. The first kappa shape index (κ1) is 23.0. The Morgan fingerprint density at radius 1 is 1.21 bits per heavy atom. The summed E-state index contributed by atoms with van der Waals surface area (Å²) in [6.07, 6.45) is 1.69. The number of nitrogens with zero attached hydrogens (tertiary/aromatic N) is 2. The van der Waals surface area contributed by atoms with Crippen molar-refractivity contribution in [2.75, 3.05) is 18.2 Å². The van der Waals surface area contributed by atoms with Crippen LogP contribution in [0.15, 0.2) is 34.2 Å². The zero-order valence-corrected chi connectivity index (χ0v) is 19.5. The van der Waals surface area contributed by atoms with Crippen LogP contribution in [-0.4, -0.2) is 44.2 Å². The average Bonchev–Trinajstić information content (AvgIpc) is 3.30. The van der Waals surface area contributed by atoms with E-state index in [2.05, 4.69) is 15.3 Å². The quantitative estimate of drug-likeness (QED) is 0.587. The maximum Gasteiger partial charge on any atom is 0.277 e. The molecule has 0 radical (unpaired) electrons. The van der Waals surface area contributed by atoms with Crippen LogP contribution in [0.5, 0.6) is 0 Å². The first-order chi connectivity index (χ1) is 16.2. The molecule has 1 N–H and O–H groups in total. The number of alkyl halides is 2. The standard InChI is InChI=1S/C24H25F2N3O4S/c1-34(31,32)22-9-14(21-3-2-8-33-21)6-7-16(22)28-17-10-15(11-20(30)13-4-5-13)27-18-12-19(24(25)26)29-23(17)18/h6-7,9-10,13,21,24H,2-5,8,11-12H2,1H3,(H,27,28)/t21-/m1/s1. The van der Waals surface area contributed by atoms with E-state index in [1.54, 1.807) is 24.3 Å². The molecular formula is C24H25F2N3O4S. The molecule has 34 heavy (non-hydrogen) atoms. The molecule has 0 unspecified atom stereocenters. The fraction of sp³-hybridized carbons (Fsp3) is 0.458. The molecule has 2 aromatic rings. The van der Waals surface area contributed by atoms with E-state index in [-0.39, 0.29) is 46.9 Å². The minimum Gasteiger partial charge on any atom is -0.374 e. The lowest BCUT2D eigenvalue weighted by Gasteiger charge is -2.17. The number of anilines is 2. The van der Waals surface area contributed by atoms with Crippen molar-refractivity contribution < 1.29 is 26.7 Å². The third-order valence-corrected chi connectivity index (χ3v) is 7.47. The average molecular weight is 490 g/mol. The van der Waals surface area contributed by atoms with E-state index in [1.165, 1.54) is 0 Å². The summed E-state index contributed by atoms with van der Waals surface area (Å²) in [5, 5.41) is 3.09. The van der Waals surface area contributed by atoms with E-state index in [0.29, 0.717) is 29.4 Å². The van der Waals surface area contributed by atoms with Gasteiger partial charge in [0.25, 0.3) is 6.43 Å². The second-order valence-electron chi connectivity index (χ2n) is 9.11. The van der Waals surface area contributed by atoms with Crippen LogP contribution in [0.25, 0.3) is 0 Å². The molecule has 0 bridgehead atoms. The highest BCUT2D eigenvalue weighted by Crippen LogP contribution is 2.40. The van der Waals surface area contributed by atoms with Crippen LogP contribution < -0.4 is 5.32 Å². The van der Waals surface area contributed by atoms with E-state index in [9.17, 15) is 22.0 Å². The predicted molar refractivity (Wildman–Crippen MR) is 123 cm³/mol. The number of aliphatic imine (C=N–C) groups is 1. The van der Waals surface area contributed by atoms with Crippen LogP contribution in [0.3, 0.4) is 0 Å². The normalized spacial score (nSPS) is 19.9. The number of nitrogens with one attached hydrogen (secondary N) is 1. The van der Waals surface area contributed by atoms with E-state index < -0.39 is 16.3 Å². The number of carbonyl (C=O) groups excluding carboxylic acids is 1. The number of hydrogen-bond acceptors (Lipinski definition) is 7. The van der Waals surface area contributed by atoms with Gasteiger partial charge in [0.15, 0.2) is 9.84 Å². The van der Waals surface area contributed by atoms with Crippen molar-refractivity contribution in [1.29, 1.82) is 0 Å². The van der Waals surface area contributed by atoms with Crippen molar-refractivity contribution in [2.45, 2.75) is 55.9 Å². The lowest BCUT2D eigenvalue weighted by molar-refractivity contribution is -0.119. The van der Waals surface area contributed by atoms with Crippen LogP contribution in [0.2, 0.25) is 0 Å². The van der Waals surface area contributed by atoms with Crippen LogP contribution in [0, 0.1) is 5.92 Å². The Hall–Kier alpha value is -2.72. The Labute approximate surface area is 196 Å². The molecular weight excluding hydrogens is 464 g/mol. The van der Waals surface area contributed by atoms with E-state index in [0.717, 1.165) is 37.5 Å². The van der Waals surface area contributed by atoms with Crippen LogP contribution in [0.1, 0.15) is 48.7 Å². The molecule has 7 nitrogen and oxygen atoms in total. The number of carbonyl (C=O) groups is 1. The number of pyridine rings is 1. The molecule has 1 aromatic carbocycles. The van der Waals surface area contributed by atoms with Crippen molar-refractivity contribution >= 4 is 38.4 Å². The van der Waals surface area contributed by atoms with Crippen molar-refractivity contribution in [3.05, 3.63) is 41.2 Å². The van der Waals surface area contributed by atoms with Gasteiger partial charge >= 0.3 is 0 Å². The Bertz CT molecular complexity index is 1280. The largest absolute Gasteiger partial charge is 0.374 e. The molecule has 1 aromatic heterocycles. The molecule has 0 amide bonds. The van der Waals surface area contributed by atoms with Gasteiger partial charge < -0.3 is 10.1 Å². The smallest absolute Gasteiger partial charge is 0.277 e. The minimum atomic E-state index is -3.62. The zero-order valence-electron chi connectivity index (χ0n) is 18.7. The zero-order chi connectivity index (χ0) is 24.0. The Morgan fingerprint density at radius 2 is 2.00 bits per heavy atom. The van der Waals surface area contributed by atoms with Gasteiger partial charge in [-0.05, 0) is 49.4 Å². The number of hydrogen-bond donors (Lipinski definition) is 1. The number of benzene rings is 1. The summed E-state index contributed by atoms with van der Waals surface area (Å²) in [6, 6.07) is 6.67.